The van der Waals surface area contributed by atoms with Crippen LogP contribution in [0.2, 0.25) is 0 Å². The van der Waals surface area contributed by atoms with E-state index in [0.29, 0.717) is 0 Å². The molecule has 0 radical (unpaired) electrons. The molecular weight excluding hydrogens is 303 g/mol. The summed E-state index contributed by atoms with van der Waals surface area (Å²) in [5, 5.41) is 3.76. The largest absolute Gasteiger partial charge is 0.354 e. The Morgan fingerprint density at radius 2 is 2.05 bits per heavy atom. The van der Waals surface area contributed by atoms with E-state index in [9.17, 15) is 17.6 Å². The number of anilines is 1. The molecule has 2 aromatic rings. The van der Waals surface area contributed by atoms with E-state index >= 15 is 0 Å². The maximum Gasteiger partial charge on any atom is 0.262 e. The number of carbonyl (C=O) groups excluding carboxylic acids is 1. The van der Waals surface area contributed by atoms with Gasteiger partial charge in [-0.2, -0.15) is 0 Å². The van der Waals surface area contributed by atoms with E-state index < -0.39 is 15.8 Å². The second-order valence-corrected chi connectivity index (χ2v) is 6.44. The molecule has 1 amide bonds. The minimum Gasteiger partial charge on any atom is -0.354 e. The minimum atomic E-state index is -3.84. The van der Waals surface area contributed by atoms with E-state index in [1.807, 2.05) is 0 Å². The Kier molecular flexibility index (Phi) is 4.05. The summed E-state index contributed by atoms with van der Waals surface area (Å²) in [4.78, 5) is 11.6. The normalized spacial score (nSPS) is 11.1. The predicted octanol–water partition coefficient (Wildman–Crippen LogP) is 2.05. The van der Waals surface area contributed by atoms with Crippen molar-refractivity contribution in [3.63, 3.8) is 0 Å². The van der Waals surface area contributed by atoms with Gasteiger partial charge >= 0.3 is 0 Å². The molecule has 1 heterocycles. The Labute approximate surface area is 119 Å². The SMILES string of the molecule is CNC(=O)c1cc(S(=O)(=O)Nc2cccc(F)c2)cs1. The van der Waals surface area contributed by atoms with E-state index in [1.54, 1.807) is 0 Å². The van der Waals surface area contributed by atoms with E-state index in [2.05, 4.69) is 10.0 Å². The third-order valence-corrected chi connectivity index (χ3v) is 4.85. The van der Waals surface area contributed by atoms with Gasteiger partial charge in [0.1, 0.15) is 5.82 Å². The van der Waals surface area contributed by atoms with Crippen molar-refractivity contribution in [2.75, 3.05) is 11.8 Å². The monoisotopic (exact) mass is 314 g/mol. The first-order chi connectivity index (χ1) is 9.42. The molecule has 1 aromatic heterocycles. The van der Waals surface area contributed by atoms with Crippen molar-refractivity contribution in [2.24, 2.45) is 0 Å². The van der Waals surface area contributed by atoms with Crippen LogP contribution in [0.4, 0.5) is 10.1 Å². The van der Waals surface area contributed by atoms with Gasteiger partial charge in [-0.25, -0.2) is 12.8 Å². The highest BCUT2D eigenvalue weighted by Crippen LogP contribution is 2.22. The number of halogens is 1. The Morgan fingerprint density at radius 1 is 1.30 bits per heavy atom. The van der Waals surface area contributed by atoms with Crippen molar-refractivity contribution < 1.29 is 17.6 Å². The lowest BCUT2D eigenvalue weighted by Gasteiger charge is -2.06. The van der Waals surface area contributed by atoms with E-state index in [0.717, 1.165) is 17.4 Å². The van der Waals surface area contributed by atoms with Crippen molar-refractivity contribution >= 4 is 33.0 Å². The lowest BCUT2D eigenvalue weighted by atomic mass is 10.3. The molecule has 2 N–H and O–H groups in total. The average Bonchev–Trinajstić information content (AvgIpc) is 2.87. The van der Waals surface area contributed by atoms with Gasteiger partial charge in [0.2, 0.25) is 0 Å². The Hall–Kier alpha value is -1.93. The summed E-state index contributed by atoms with van der Waals surface area (Å²) in [6, 6.07) is 6.39. The molecule has 2 rings (SSSR count). The molecule has 0 spiro atoms. The minimum absolute atomic E-state index is 0.0367. The molecule has 0 bridgehead atoms. The Balaban J connectivity index is 2.27. The first-order valence-electron chi connectivity index (χ1n) is 5.51. The van der Waals surface area contributed by atoms with Crippen LogP contribution in [-0.4, -0.2) is 21.4 Å². The van der Waals surface area contributed by atoms with Gasteiger partial charge in [0.15, 0.2) is 0 Å². The molecule has 0 aliphatic rings. The summed E-state index contributed by atoms with van der Waals surface area (Å²) in [5.74, 6) is -0.899. The molecule has 1 aromatic carbocycles. The zero-order valence-corrected chi connectivity index (χ0v) is 12.0. The molecule has 5 nitrogen and oxygen atoms in total. The van der Waals surface area contributed by atoms with Gasteiger partial charge in [0.25, 0.3) is 15.9 Å². The van der Waals surface area contributed by atoms with Crippen LogP contribution in [0.1, 0.15) is 9.67 Å². The van der Waals surface area contributed by atoms with Gasteiger partial charge in [-0.15, -0.1) is 11.3 Å². The third kappa shape index (κ3) is 3.14. The number of benzene rings is 1. The standard InChI is InChI=1S/C12H11FN2O3S2/c1-14-12(16)11-6-10(7-19-11)20(17,18)15-9-4-2-3-8(13)5-9/h2-7,15H,1H3,(H,14,16). The fourth-order valence-electron chi connectivity index (χ4n) is 1.47. The highest BCUT2D eigenvalue weighted by Gasteiger charge is 2.18. The van der Waals surface area contributed by atoms with Crippen LogP contribution >= 0.6 is 11.3 Å². The fraction of sp³-hybridized carbons (Fsp3) is 0.0833. The van der Waals surface area contributed by atoms with Gasteiger partial charge in [0, 0.05) is 12.4 Å². The molecule has 0 unspecified atom stereocenters. The van der Waals surface area contributed by atoms with E-state index in [1.165, 1.54) is 36.7 Å². The zero-order chi connectivity index (χ0) is 14.8. The molecule has 20 heavy (non-hydrogen) atoms. The molecule has 0 fully saturated rings. The molecule has 0 aliphatic heterocycles. The number of amides is 1. The fourth-order valence-corrected chi connectivity index (χ4v) is 3.74. The molecular formula is C12H11FN2O3S2. The van der Waals surface area contributed by atoms with Crippen LogP contribution in [0.25, 0.3) is 0 Å². The van der Waals surface area contributed by atoms with Crippen molar-refractivity contribution in [3.05, 3.63) is 46.4 Å². The number of rotatable bonds is 4. The van der Waals surface area contributed by atoms with Gasteiger partial charge in [-0.1, -0.05) is 6.07 Å². The second kappa shape index (κ2) is 5.59. The van der Waals surface area contributed by atoms with Gasteiger partial charge < -0.3 is 5.32 Å². The molecule has 8 heteroatoms. The lowest BCUT2D eigenvalue weighted by molar-refractivity contribution is 0.0967. The van der Waals surface area contributed by atoms with Crippen molar-refractivity contribution in [1.82, 2.24) is 5.32 Å². The number of carbonyl (C=O) groups is 1. The van der Waals surface area contributed by atoms with Crippen LogP contribution in [-0.2, 0) is 10.0 Å². The lowest BCUT2D eigenvalue weighted by Crippen LogP contribution is -2.16. The molecule has 0 saturated carbocycles. The van der Waals surface area contributed by atoms with Crippen LogP contribution in [0.5, 0.6) is 0 Å². The summed E-state index contributed by atoms with van der Waals surface area (Å²) in [6.07, 6.45) is 0. The first-order valence-corrected chi connectivity index (χ1v) is 7.87. The van der Waals surface area contributed by atoms with Crippen LogP contribution in [0, 0.1) is 5.82 Å². The highest BCUT2D eigenvalue weighted by atomic mass is 32.2. The van der Waals surface area contributed by atoms with Crippen molar-refractivity contribution in [3.8, 4) is 0 Å². The third-order valence-electron chi connectivity index (χ3n) is 2.41. The summed E-state index contributed by atoms with van der Waals surface area (Å²) >= 11 is 1.02. The number of sulfonamides is 1. The second-order valence-electron chi connectivity index (χ2n) is 3.84. The summed E-state index contributed by atoms with van der Waals surface area (Å²) in [6.45, 7) is 0. The number of nitrogens with one attached hydrogen (secondary N) is 2. The number of hydrogen-bond donors (Lipinski definition) is 2. The maximum atomic E-state index is 13.0. The molecule has 0 saturated heterocycles. The predicted molar refractivity (Wildman–Crippen MR) is 74.9 cm³/mol. The first kappa shape index (κ1) is 14.5. The summed E-state index contributed by atoms with van der Waals surface area (Å²) in [7, 11) is -2.38. The van der Waals surface area contributed by atoms with Crippen molar-refractivity contribution in [2.45, 2.75) is 4.90 Å². The number of thiophene rings is 1. The Bertz CT molecular complexity index is 741. The van der Waals surface area contributed by atoms with E-state index in [4.69, 9.17) is 0 Å². The summed E-state index contributed by atoms with van der Waals surface area (Å²) in [5.41, 5.74) is 0.123. The van der Waals surface area contributed by atoms with Crippen molar-refractivity contribution in [1.29, 1.82) is 0 Å². The number of hydrogen-bond acceptors (Lipinski definition) is 4. The Morgan fingerprint density at radius 3 is 2.70 bits per heavy atom. The quantitative estimate of drug-likeness (QED) is 0.907. The highest BCUT2D eigenvalue weighted by molar-refractivity contribution is 7.92. The molecule has 0 atom stereocenters. The molecule has 106 valence electrons. The van der Waals surface area contributed by atoms with Gasteiger partial charge in [-0.05, 0) is 24.3 Å². The van der Waals surface area contributed by atoms with Crippen LogP contribution in [0.15, 0.2) is 40.6 Å². The van der Waals surface area contributed by atoms with Gasteiger partial charge in [-0.3, -0.25) is 9.52 Å². The average molecular weight is 314 g/mol. The van der Waals surface area contributed by atoms with Crippen LogP contribution < -0.4 is 10.0 Å². The summed E-state index contributed by atoms with van der Waals surface area (Å²) < 4.78 is 39.4. The maximum absolute atomic E-state index is 13.0. The topological polar surface area (TPSA) is 75.3 Å². The van der Waals surface area contributed by atoms with E-state index in [-0.39, 0.29) is 21.4 Å². The zero-order valence-electron chi connectivity index (χ0n) is 10.4. The smallest absolute Gasteiger partial charge is 0.262 e. The molecule has 0 aliphatic carbocycles. The van der Waals surface area contributed by atoms with Crippen LogP contribution in [0.3, 0.4) is 0 Å². The van der Waals surface area contributed by atoms with Gasteiger partial charge in [0.05, 0.1) is 15.5 Å².